The highest BCUT2D eigenvalue weighted by Crippen LogP contribution is 2.20. The maximum absolute atomic E-state index is 3.59. The van der Waals surface area contributed by atoms with E-state index in [0.29, 0.717) is 6.04 Å². The van der Waals surface area contributed by atoms with E-state index in [1.54, 1.807) is 0 Å². The Bertz CT molecular complexity index is 180. The zero-order valence-corrected chi connectivity index (χ0v) is 11.6. The minimum Gasteiger partial charge on any atom is -0.313 e. The maximum atomic E-state index is 3.59. The highest BCUT2D eigenvalue weighted by Gasteiger charge is 2.26. The van der Waals surface area contributed by atoms with Crippen LogP contribution in [0.2, 0.25) is 0 Å². The van der Waals surface area contributed by atoms with Gasteiger partial charge in [-0.15, -0.1) is 0 Å². The first kappa shape index (κ1) is 14.0. The minimum absolute atomic E-state index is 0.650. The molecule has 1 saturated heterocycles. The third kappa shape index (κ3) is 4.42. The molecule has 1 rings (SSSR count). The first-order valence-corrected chi connectivity index (χ1v) is 7.12. The summed E-state index contributed by atoms with van der Waals surface area (Å²) < 4.78 is 0. The van der Waals surface area contributed by atoms with E-state index in [0.717, 1.165) is 18.5 Å². The van der Waals surface area contributed by atoms with Crippen LogP contribution in [0.25, 0.3) is 0 Å². The predicted octanol–water partition coefficient (Wildman–Crippen LogP) is 2.89. The molecular weight excluding hydrogens is 196 g/mol. The number of piperidine rings is 1. The van der Waals surface area contributed by atoms with Crippen molar-refractivity contribution in [2.24, 2.45) is 5.92 Å². The zero-order valence-electron chi connectivity index (χ0n) is 11.6. The number of hydrogen-bond acceptors (Lipinski definition) is 2. The topological polar surface area (TPSA) is 15.3 Å². The molecule has 1 aliphatic rings. The number of nitrogens with zero attached hydrogens (tertiary/aromatic N) is 1. The standard InChI is InChI=1S/C14H30N2/c1-5-15-13(4)14-8-6-7-10-16(14)11-9-12(2)3/h12-15H,5-11H2,1-4H3. The molecule has 1 heterocycles. The number of rotatable bonds is 6. The van der Waals surface area contributed by atoms with Gasteiger partial charge in [-0.3, -0.25) is 4.90 Å². The molecule has 0 aromatic carbocycles. The van der Waals surface area contributed by atoms with Crippen LogP contribution < -0.4 is 5.32 Å². The fraction of sp³-hybridized carbons (Fsp3) is 1.00. The molecule has 1 aliphatic heterocycles. The summed E-state index contributed by atoms with van der Waals surface area (Å²) in [7, 11) is 0. The molecule has 2 heteroatoms. The minimum atomic E-state index is 0.650. The van der Waals surface area contributed by atoms with Crippen molar-refractivity contribution in [3.63, 3.8) is 0 Å². The van der Waals surface area contributed by atoms with Gasteiger partial charge in [-0.2, -0.15) is 0 Å². The summed E-state index contributed by atoms with van der Waals surface area (Å²) in [6, 6.07) is 1.42. The van der Waals surface area contributed by atoms with Gasteiger partial charge < -0.3 is 5.32 Å². The number of likely N-dealkylation sites (tertiary alicyclic amines) is 1. The van der Waals surface area contributed by atoms with Crippen LogP contribution >= 0.6 is 0 Å². The third-order valence-corrected chi connectivity index (χ3v) is 3.76. The molecule has 0 spiro atoms. The molecule has 96 valence electrons. The summed E-state index contributed by atoms with van der Waals surface area (Å²) in [5, 5.41) is 3.59. The summed E-state index contributed by atoms with van der Waals surface area (Å²) in [4.78, 5) is 2.72. The van der Waals surface area contributed by atoms with E-state index in [4.69, 9.17) is 0 Å². The first-order valence-electron chi connectivity index (χ1n) is 7.12. The normalized spacial score (nSPS) is 24.9. The Morgan fingerprint density at radius 1 is 1.25 bits per heavy atom. The lowest BCUT2D eigenvalue weighted by atomic mass is 9.95. The molecule has 0 bridgehead atoms. The van der Waals surface area contributed by atoms with Crippen LogP contribution in [0, 0.1) is 5.92 Å². The molecule has 0 saturated carbocycles. The highest BCUT2D eigenvalue weighted by molar-refractivity contribution is 4.84. The second kappa shape index (κ2) is 7.29. The molecule has 0 aliphatic carbocycles. The van der Waals surface area contributed by atoms with Gasteiger partial charge >= 0.3 is 0 Å². The summed E-state index contributed by atoms with van der Waals surface area (Å²) in [5.41, 5.74) is 0. The van der Waals surface area contributed by atoms with Crippen molar-refractivity contribution in [3.8, 4) is 0 Å². The Balaban J connectivity index is 2.43. The van der Waals surface area contributed by atoms with Gasteiger partial charge in [-0.05, 0) is 51.7 Å². The Labute approximate surface area is 102 Å². The number of nitrogens with one attached hydrogen (secondary N) is 1. The van der Waals surface area contributed by atoms with Crippen LogP contribution in [0.15, 0.2) is 0 Å². The van der Waals surface area contributed by atoms with Crippen molar-refractivity contribution < 1.29 is 0 Å². The van der Waals surface area contributed by atoms with Crippen molar-refractivity contribution in [2.45, 2.75) is 65.5 Å². The van der Waals surface area contributed by atoms with Crippen molar-refractivity contribution in [1.82, 2.24) is 10.2 Å². The molecule has 0 radical (unpaired) electrons. The molecular formula is C14H30N2. The maximum Gasteiger partial charge on any atom is 0.0246 e. The molecule has 0 amide bonds. The average Bonchev–Trinajstić information content (AvgIpc) is 2.27. The predicted molar refractivity (Wildman–Crippen MR) is 71.8 cm³/mol. The van der Waals surface area contributed by atoms with E-state index in [1.807, 2.05) is 0 Å². The second-order valence-electron chi connectivity index (χ2n) is 5.63. The van der Waals surface area contributed by atoms with Crippen LogP contribution in [0.3, 0.4) is 0 Å². The van der Waals surface area contributed by atoms with E-state index in [-0.39, 0.29) is 0 Å². The molecule has 16 heavy (non-hydrogen) atoms. The molecule has 0 aromatic heterocycles. The summed E-state index contributed by atoms with van der Waals surface area (Å²) in [6.07, 6.45) is 5.54. The van der Waals surface area contributed by atoms with Crippen LogP contribution in [-0.4, -0.2) is 36.6 Å². The molecule has 1 N–H and O–H groups in total. The zero-order chi connectivity index (χ0) is 12.0. The molecule has 1 fully saturated rings. The summed E-state index contributed by atoms with van der Waals surface area (Å²) >= 11 is 0. The molecule has 0 aromatic rings. The Hall–Kier alpha value is -0.0800. The van der Waals surface area contributed by atoms with Gasteiger partial charge in [0, 0.05) is 12.1 Å². The molecule has 2 atom stereocenters. The van der Waals surface area contributed by atoms with Crippen LogP contribution in [0.4, 0.5) is 0 Å². The SMILES string of the molecule is CCNC(C)C1CCCCN1CCC(C)C. The largest absolute Gasteiger partial charge is 0.313 e. The van der Waals surface area contributed by atoms with Crippen molar-refractivity contribution in [2.75, 3.05) is 19.6 Å². The van der Waals surface area contributed by atoms with Gasteiger partial charge in [0.05, 0.1) is 0 Å². The average molecular weight is 226 g/mol. The van der Waals surface area contributed by atoms with Gasteiger partial charge in [0.2, 0.25) is 0 Å². The lowest BCUT2D eigenvalue weighted by Gasteiger charge is -2.40. The quantitative estimate of drug-likeness (QED) is 0.749. The lowest BCUT2D eigenvalue weighted by Crippen LogP contribution is -2.51. The van der Waals surface area contributed by atoms with Gasteiger partial charge in [-0.1, -0.05) is 27.2 Å². The van der Waals surface area contributed by atoms with Gasteiger partial charge in [0.15, 0.2) is 0 Å². The fourth-order valence-electron chi connectivity index (χ4n) is 2.74. The van der Waals surface area contributed by atoms with Crippen molar-refractivity contribution in [3.05, 3.63) is 0 Å². The van der Waals surface area contributed by atoms with Crippen LogP contribution in [0.1, 0.15) is 53.4 Å². The monoisotopic (exact) mass is 226 g/mol. The highest BCUT2D eigenvalue weighted by atomic mass is 15.2. The second-order valence-corrected chi connectivity index (χ2v) is 5.63. The Morgan fingerprint density at radius 3 is 2.62 bits per heavy atom. The molecule has 2 nitrogen and oxygen atoms in total. The van der Waals surface area contributed by atoms with Gasteiger partial charge in [-0.25, -0.2) is 0 Å². The third-order valence-electron chi connectivity index (χ3n) is 3.76. The molecule has 2 unspecified atom stereocenters. The smallest absolute Gasteiger partial charge is 0.0246 e. The Morgan fingerprint density at radius 2 is 2.00 bits per heavy atom. The number of likely N-dealkylation sites (N-methyl/N-ethyl adjacent to an activating group) is 1. The van der Waals surface area contributed by atoms with Crippen LogP contribution in [0.5, 0.6) is 0 Å². The summed E-state index contributed by atoms with van der Waals surface area (Å²) in [6.45, 7) is 12.9. The van der Waals surface area contributed by atoms with E-state index in [9.17, 15) is 0 Å². The van der Waals surface area contributed by atoms with Gasteiger partial charge in [0.1, 0.15) is 0 Å². The van der Waals surface area contributed by atoms with E-state index in [2.05, 4.69) is 37.9 Å². The van der Waals surface area contributed by atoms with Crippen LogP contribution in [-0.2, 0) is 0 Å². The first-order chi connectivity index (χ1) is 7.65. The van der Waals surface area contributed by atoms with Crippen molar-refractivity contribution in [1.29, 1.82) is 0 Å². The number of hydrogen-bond donors (Lipinski definition) is 1. The Kier molecular flexibility index (Phi) is 6.37. The van der Waals surface area contributed by atoms with E-state index in [1.165, 1.54) is 38.8 Å². The van der Waals surface area contributed by atoms with E-state index >= 15 is 0 Å². The van der Waals surface area contributed by atoms with Crippen molar-refractivity contribution >= 4 is 0 Å². The summed E-state index contributed by atoms with van der Waals surface area (Å²) in [5.74, 6) is 0.831. The van der Waals surface area contributed by atoms with E-state index < -0.39 is 0 Å². The fourth-order valence-corrected chi connectivity index (χ4v) is 2.74. The lowest BCUT2D eigenvalue weighted by molar-refractivity contribution is 0.114. The van der Waals surface area contributed by atoms with Gasteiger partial charge in [0.25, 0.3) is 0 Å².